The van der Waals surface area contributed by atoms with Gasteiger partial charge >= 0.3 is 0 Å². The maximum Gasteiger partial charge on any atom is 0.277 e. The van der Waals surface area contributed by atoms with E-state index in [0.717, 1.165) is 0 Å². The zero-order valence-corrected chi connectivity index (χ0v) is 41.4. The van der Waals surface area contributed by atoms with Crippen LogP contribution in [-0.2, 0) is 10.8 Å². The van der Waals surface area contributed by atoms with Crippen LogP contribution in [0.25, 0.3) is 62.6 Å². The van der Waals surface area contributed by atoms with E-state index < -0.39 is 0 Å². The Bertz CT molecular complexity index is 3510. The lowest BCUT2D eigenvalue weighted by atomic mass is 9.39. The molecule has 0 saturated carbocycles. The summed E-state index contributed by atoms with van der Waals surface area (Å²) in [6.45, 7) is 16.4. The van der Waals surface area contributed by atoms with Gasteiger partial charge in [-0.25, -0.2) is 0 Å². The molecular weight excluding hydrogens is 876 g/mol. The van der Waals surface area contributed by atoms with Crippen LogP contribution in [0.4, 0.5) is 34.1 Å². The summed E-state index contributed by atoms with van der Waals surface area (Å²) in [6.07, 6.45) is 0. The predicted molar refractivity (Wildman–Crippen MR) is 295 cm³/mol. The van der Waals surface area contributed by atoms with Crippen LogP contribution in [-0.4, -0.2) is 6.71 Å². The van der Waals surface area contributed by atoms with Crippen molar-refractivity contribution in [3.8, 4) is 22.3 Å². The van der Waals surface area contributed by atoms with Crippen LogP contribution in [0.15, 0.2) is 156 Å². The largest absolute Gasteiger partial charge is 0.310 e. The van der Waals surface area contributed by atoms with E-state index in [0.29, 0.717) is 0 Å². The van der Waals surface area contributed by atoms with E-state index in [1.165, 1.54) is 128 Å². The third-order valence-corrected chi connectivity index (χ3v) is 18.3. The number of anilines is 6. The van der Waals surface area contributed by atoms with Crippen molar-refractivity contribution in [2.75, 3.05) is 9.80 Å². The Labute approximate surface area is 403 Å². The highest BCUT2D eigenvalue weighted by atomic mass is 32.1. The van der Waals surface area contributed by atoms with Crippen LogP contribution >= 0.6 is 45.3 Å². The summed E-state index contributed by atoms with van der Waals surface area (Å²) in [5.74, 6) is 0. The molecule has 7 heteroatoms. The van der Waals surface area contributed by atoms with Crippen molar-refractivity contribution in [1.29, 1.82) is 0 Å². The Morgan fingerprint density at radius 2 is 0.864 bits per heavy atom. The normalized spacial score (nSPS) is 13.6. The van der Waals surface area contributed by atoms with Crippen molar-refractivity contribution >= 4 is 142 Å². The molecule has 2 nitrogen and oxygen atoms in total. The minimum Gasteiger partial charge on any atom is -0.310 e. The van der Waals surface area contributed by atoms with Crippen molar-refractivity contribution < 1.29 is 0 Å². The lowest BCUT2D eigenvalue weighted by Gasteiger charge is -2.42. The average molecular weight is 923 g/mol. The third-order valence-electron chi connectivity index (χ3n) is 14.0. The zero-order chi connectivity index (χ0) is 44.8. The van der Waals surface area contributed by atoms with Crippen LogP contribution in [0.3, 0.4) is 0 Å². The molecule has 0 N–H and O–H groups in total. The number of fused-ring (bicyclic) bond motifs is 10. The molecule has 0 bridgehead atoms. The van der Waals surface area contributed by atoms with Crippen LogP contribution in [0, 0.1) is 6.92 Å². The first-order valence-corrected chi connectivity index (χ1v) is 26.3. The van der Waals surface area contributed by atoms with Gasteiger partial charge in [-0.15, -0.1) is 45.3 Å². The Morgan fingerprint density at radius 1 is 0.439 bits per heavy atom. The SMILES string of the molecule is Cc1cc2c3c(c1)N(c1ccc(-c4csc5ccccc45)cc1)c1c(sc4ccc(C(C)(C)C)cc14)B3c1sc3ccc(C(C)(C)C)cc3c1N2c1ccc(-c2csc3ccccc23)cc1. The first kappa shape index (κ1) is 40.3. The molecule has 2 aliphatic rings. The lowest BCUT2D eigenvalue weighted by molar-refractivity contribution is 0.591. The molecular formula is C59H47BN2S4. The van der Waals surface area contributed by atoms with E-state index in [2.05, 4.69) is 215 Å². The van der Waals surface area contributed by atoms with Crippen LogP contribution < -0.4 is 24.8 Å². The van der Waals surface area contributed by atoms with Gasteiger partial charge in [0.1, 0.15) is 0 Å². The van der Waals surface area contributed by atoms with Crippen molar-refractivity contribution in [2.24, 2.45) is 0 Å². The highest BCUT2D eigenvalue weighted by Crippen LogP contribution is 2.52. The molecule has 0 aliphatic carbocycles. The molecule has 0 amide bonds. The first-order valence-electron chi connectivity index (χ1n) is 22.9. The zero-order valence-electron chi connectivity index (χ0n) is 38.1. The molecule has 6 heterocycles. The van der Waals surface area contributed by atoms with Crippen LogP contribution in [0.5, 0.6) is 0 Å². The van der Waals surface area contributed by atoms with E-state index in [4.69, 9.17) is 0 Å². The molecule has 4 aromatic heterocycles. The van der Waals surface area contributed by atoms with Gasteiger partial charge in [0.25, 0.3) is 6.71 Å². The molecule has 0 fully saturated rings. The standard InChI is InChI=1S/C59H47BN2S4/c1-34-28-47-53-48(29-34)62(40-24-18-36(19-25-40)46-33-64-50-15-11-9-13-42(46)50)55-44-31-38(59(5,6)7)21-27-52(44)66-57(55)60(53)56-54(43-30-37(58(2,3)4)20-26-51(43)65-56)61(47)39-22-16-35(17-23-39)45-32-63-49-14-10-8-12-41(45)49/h8-33H,1-7H3. The van der Waals surface area contributed by atoms with Gasteiger partial charge in [-0.05, 0) is 135 Å². The molecule has 0 unspecified atom stereocenters. The highest BCUT2D eigenvalue weighted by molar-refractivity contribution is 7.40. The fourth-order valence-electron chi connectivity index (χ4n) is 10.6. The summed E-state index contributed by atoms with van der Waals surface area (Å²) in [5, 5.41) is 9.93. The number of hydrogen-bond acceptors (Lipinski definition) is 6. The molecule has 7 aromatic carbocycles. The number of aryl methyl sites for hydroxylation is 1. The first-order chi connectivity index (χ1) is 31.9. The molecule has 0 spiro atoms. The Hall–Kier alpha value is -5.96. The van der Waals surface area contributed by atoms with Gasteiger partial charge in [0, 0.05) is 83.8 Å². The van der Waals surface area contributed by atoms with Crippen molar-refractivity contribution in [2.45, 2.75) is 59.3 Å². The van der Waals surface area contributed by atoms with E-state index >= 15 is 0 Å². The smallest absolute Gasteiger partial charge is 0.277 e. The summed E-state index contributed by atoms with van der Waals surface area (Å²) < 4.78 is 8.16. The third kappa shape index (κ3) is 6.09. The summed E-state index contributed by atoms with van der Waals surface area (Å²) in [6, 6.07) is 55.8. The fourth-order valence-corrected chi connectivity index (χ4v) is 15.2. The lowest BCUT2D eigenvalue weighted by Crippen LogP contribution is -2.59. The minimum atomic E-state index is 0.00987. The predicted octanol–water partition coefficient (Wildman–Crippen LogP) is 16.9. The second-order valence-electron chi connectivity index (χ2n) is 20.3. The molecule has 11 aromatic rings. The maximum absolute atomic E-state index is 2.62. The minimum absolute atomic E-state index is 0.00987. The van der Waals surface area contributed by atoms with Crippen molar-refractivity contribution in [3.05, 3.63) is 173 Å². The quantitative estimate of drug-likeness (QED) is 0.162. The Morgan fingerprint density at radius 3 is 1.29 bits per heavy atom. The summed E-state index contributed by atoms with van der Waals surface area (Å²) in [5.41, 5.74) is 18.0. The van der Waals surface area contributed by atoms with Gasteiger partial charge < -0.3 is 9.80 Å². The molecule has 0 saturated heterocycles. The Balaban J connectivity index is 1.07. The van der Waals surface area contributed by atoms with Gasteiger partial charge in [0.2, 0.25) is 0 Å². The summed E-state index contributed by atoms with van der Waals surface area (Å²) in [7, 11) is 0. The monoisotopic (exact) mass is 922 g/mol. The topological polar surface area (TPSA) is 6.48 Å². The van der Waals surface area contributed by atoms with Gasteiger partial charge in [-0.2, -0.15) is 0 Å². The van der Waals surface area contributed by atoms with Gasteiger partial charge in [0.15, 0.2) is 0 Å². The number of thiophene rings is 4. The van der Waals surface area contributed by atoms with Gasteiger partial charge in [-0.1, -0.05) is 114 Å². The van der Waals surface area contributed by atoms with Crippen molar-refractivity contribution in [1.82, 2.24) is 0 Å². The highest BCUT2D eigenvalue weighted by Gasteiger charge is 2.47. The van der Waals surface area contributed by atoms with E-state index in [1.54, 1.807) is 0 Å². The number of benzene rings is 7. The molecule has 320 valence electrons. The number of hydrogen-bond donors (Lipinski definition) is 0. The molecule has 13 rings (SSSR count). The molecule has 2 aliphatic heterocycles. The van der Waals surface area contributed by atoms with E-state index in [9.17, 15) is 0 Å². The number of rotatable bonds is 4. The Kier molecular flexibility index (Phi) is 8.87. The maximum atomic E-state index is 2.62. The van der Waals surface area contributed by atoms with Crippen LogP contribution in [0.2, 0.25) is 0 Å². The van der Waals surface area contributed by atoms with Gasteiger partial charge in [0.05, 0.1) is 11.4 Å². The van der Waals surface area contributed by atoms with Gasteiger partial charge in [-0.3, -0.25) is 0 Å². The average Bonchev–Trinajstić information content (AvgIpc) is 4.11. The second kappa shape index (κ2) is 14.5. The van der Waals surface area contributed by atoms with Crippen LogP contribution in [0.1, 0.15) is 58.2 Å². The summed E-state index contributed by atoms with van der Waals surface area (Å²) >= 11 is 7.63. The van der Waals surface area contributed by atoms with E-state index in [-0.39, 0.29) is 17.5 Å². The van der Waals surface area contributed by atoms with Crippen molar-refractivity contribution in [3.63, 3.8) is 0 Å². The number of nitrogens with zero attached hydrogens (tertiary/aromatic N) is 2. The molecule has 0 radical (unpaired) electrons. The van der Waals surface area contributed by atoms with E-state index in [1.807, 2.05) is 45.3 Å². The summed E-state index contributed by atoms with van der Waals surface area (Å²) in [4.78, 5) is 5.24. The fraction of sp³-hybridized carbons (Fsp3) is 0.153. The second-order valence-corrected chi connectivity index (χ2v) is 24.2. The molecule has 66 heavy (non-hydrogen) atoms. The molecule has 0 atom stereocenters.